The quantitative estimate of drug-likeness (QED) is 0.236. The number of hydrogen-bond donors (Lipinski definition) is 1. The van der Waals surface area contributed by atoms with Crippen LogP contribution < -0.4 is 9.64 Å². The van der Waals surface area contributed by atoms with Crippen LogP contribution in [0.5, 0.6) is 5.75 Å². The van der Waals surface area contributed by atoms with Gasteiger partial charge in [0.2, 0.25) is 0 Å². The van der Waals surface area contributed by atoms with Crippen LogP contribution in [0, 0.1) is 11.2 Å². The van der Waals surface area contributed by atoms with E-state index in [1.165, 1.54) is 25.4 Å². The standard InChI is InChI=1S/C31H26F4N4O4/c1-42-24-15-36-14-21(32)26(24)27-25(28(43-38-27)16-2-3-16)17-12-30(13-17)6-8-39(9-7-30)18-4-5-22-19(10-18)20(31(33,34)35)11-23(37-22)29(40)41/h4-5,10-12,14-16H,2-3,6-9,13H2,1H3,(H,40,41). The van der Waals surface area contributed by atoms with Crippen LogP contribution in [0.15, 0.2) is 47.3 Å². The molecular weight excluding hydrogens is 568 g/mol. The first-order valence-corrected chi connectivity index (χ1v) is 14.0. The summed E-state index contributed by atoms with van der Waals surface area (Å²) in [4.78, 5) is 21.2. The van der Waals surface area contributed by atoms with Crippen molar-refractivity contribution in [2.75, 3.05) is 25.1 Å². The van der Waals surface area contributed by atoms with Gasteiger partial charge in [0.1, 0.15) is 22.9 Å². The summed E-state index contributed by atoms with van der Waals surface area (Å²) in [5, 5.41) is 13.4. The van der Waals surface area contributed by atoms with Gasteiger partial charge in [-0.3, -0.25) is 4.98 Å². The molecule has 0 unspecified atom stereocenters. The summed E-state index contributed by atoms with van der Waals surface area (Å²) >= 11 is 0. The van der Waals surface area contributed by atoms with E-state index >= 15 is 0 Å². The van der Waals surface area contributed by atoms with E-state index in [4.69, 9.17) is 9.26 Å². The molecule has 1 saturated heterocycles. The molecule has 12 heteroatoms. The molecule has 4 heterocycles. The van der Waals surface area contributed by atoms with Crippen LogP contribution in [-0.4, -0.2) is 46.4 Å². The Labute approximate surface area is 243 Å². The summed E-state index contributed by atoms with van der Waals surface area (Å²) in [6.45, 7) is 1.24. The molecule has 1 aromatic carbocycles. The number of anilines is 1. The van der Waals surface area contributed by atoms with E-state index in [-0.39, 0.29) is 33.5 Å². The van der Waals surface area contributed by atoms with Crippen molar-refractivity contribution in [3.63, 3.8) is 0 Å². The molecule has 3 aliphatic rings. The summed E-state index contributed by atoms with van der Waals surface area (Å²) in [6, 6.07) is 5.15. The number of ether oxygens (including phenoxy) is 1. The molecule has 1 spiro atoms. The van der Waals surface area contributed by atoms with Crippen molar-refractivity contribution in [3.8, 4) is 17.0 Å². The fraction of sp³-hybridized carbons (Fsp3) is 0.355. The highest BCUT2D eigenvalue weighted by Crippen LogP contribution is 2.56. The minimum atomic E-state index is -4.73. The summed E-state index contributed by atoms with van der Waals surface area (Å²) in [6.07, 6.45) is 4.36. The molecule has 4 aromatic rings. The number of pyridine rings is 2. The third-order valence-corrected chi connectivity index (χ3v) is 8.77. The molecule has 222 valence electrons. The predicted octanol–water partition coefficient (Wildman–Crippen LogP) is 7.10. The summed E-state index contributed by atoms with van der Waals surface area (Å²) in [5.41, 5.74) is 1.35. The number of halogens is 4. The van der Waals surface area contributed by atoms with Gasteiger partial charge in [-0.15, -0.1) is 0 Å². The highest BCUT2D eigenvalue weighted by molar-refractivity contribution is 5.93. The van der Waals surface area contributed by atoms with Gasteiger partial charge in [0.05, 0.1) is 36.1 Å². The highest BCUT2D eigenvalue weighted by Gasteiger charge is 2.44. The zero-order valence-corrected chi connectivity index (χ0v) is 23.0. The van der Waals surface area contributed by atoms with Crippen molar-refractivity contribution in [2.45, 2.75) is 44.2 Å². The van der Waals surface area contributed by atoms with Crippen molar-refractivity contribution in [2.24, 2.45) is 5.41 Å². The number of fused-ring (bicyclic) bond motifs is 1. The van der Waals surface area contributed by atoms with E-state index in [0.29, 0.717) is 30.5 Å². The fourth-order valence-corrected chi connectivity index (χ4v) is 6.38. The first kappa shape index (κ1) is 27.4. The van der Waals surface area contributed by atoms with Crippen molar-refractivity contribution in [3.05, 3.63) is 71.1 Å². The van der Waals surface area contributed by atoms with Gasteiger partial charge in [-0.25, -0.2) is 14.2 Å². The number of alkyl halides is 3. The maximum Gasteiger partial charge on any atom is 0.417 e. The Balaban J connectivity index is 1.16. The predicted molar refractivity (Wildman–Crippen MR) is 148 cm³/mol. The number of allylic oxidation sites excluding steroid dienone is 2. The van der Waals surface area contributed by atoms with Crippen molar-refractivity contribution >= 4 is 28.1 Å². The van der Waals surface area contributed by atoms with Gasteiger partial charge < -0.3 is 19.3 Å². The topological polar surface area (TPSA) is 102 Å². The number of nitrogens with zero attached hydrogens (tertiary/aromatic N) is 4. The van der Waals surface area contributed by atoms with Crippen LogP contribution in [-0.2, 0) is 6.18 Å². The molecule has 8 nitrogen and oxygen atoms in total. The molecule has 0 amide bonds. The fourth-order valence-electron chi connectivity index (χ4n) is 6.38. The Morgan fingerprint density at radius 1 is 1.14 bits per heavy atom. The number of benzene rings is 1. The van der Waals surface area contributed by atoms with Crippen molar-refractivity contribution in [1.29, 1.82) is 0 Å². The minimum absolute atomic E-state index is 0.0192. The molecule has 1 N–H and O–H groups in total. The molecular formula is C31H26F4N4O4. The average Bonchev–Trinajstić information content (AvgIpc) is 3.73. The van der Waals surface area contributed by atoms with Crippen LogP contribution >= 0.6 is 0 Å². The second kappa shape index (κ2) is 9.78. The lowest BCUT2D eigenvalue weighted by Gasteiger charge is -2.47. The molecule has 3 aromatic heterocycles. The molecule has 2 fully saturated rings. The van der Waals surface area contributed by atoms with Gasteiger partial charge in [0, 0.05) is 35.6 Å². The number of piperidine rings is 1. The second-order valence-corrected chi connectivity index (χ2v) is 11.5. The van der Waals surface area contributed by atoms with Crippen LogP contribution in [0.25, 0.3) is 27.7 Å². The molecule has 0 radical (unpaired) electrons. The number of carboxylic acid groups (broad SMARTS) is 1. The zero-order chi connectivity index (χ0) is 30.1. The first-order valence-electron chi connectivity index (χ1n) is 14.0. The lowest BCUT2D eigenvalue weighted by atomic mass is 9.63. The van der Waals surface area contributed by atoms with E-state index in [1.54, 1.807) is 6.07 Å². The van der Waals surface area contributed by atoms with Gasteiger partial charge >= 0.3 is 12.1 Å². The zero-order valence-electron chi connectivity index (χ0n) is 23.0. The molecule has 7 rings (SSSR count). The largest absolute Gasteiger partial charge is 0.494 e. The highest BCUT2D eigenvalue weighted by atomic mass is 19.4. The Hall–Kier alpha value is -4.48. The number of carbonyl (C=O) groups is 1. The van der Waals surface area contributed by atoms with Crippen molar-refractivity contribution in [1.82, 2.24) is 15.1 Å². The third-order valence-electron chi connectivity index (χ3n) is 8.77. The van der Waals surface area contributed by atoms with Gasteiger partial charge in [-0.05, 0) is 67.4 Å². The lowest BCUT2D eigenvalue weighted by molar-refractivity contribution is -0.136. The Morgan fingerprint density at radius 2 is 1.88 bits per heavy atom. The number of hydrogen-bond acceptors (Lipinski definition) is 7. The third kappa shape index (κ3) is 4.68. The number of aromatic carboxylic acids is 1. The van der Waals surface area contributed by atoms with E-state index in [1.807, 2.05) is 4.90 Å². The van der Waals surface area contributed by atoms with Gasteiger partial charge in [-0.1, -0.05) is 11.2 Å². The van der Waals surface area contributed by atoms with Gasteiger partial charge in [0.15, 0.2) is 5.82 Å². The normalized spacial score (nSPS) is 18.1. The minimum Gasteiger partial charge on any atom is -0.494 e. The molecule has 0 atom stereocenters. The van der Waals surface area contributed by atoms with E-state index in [0.717, 1.165) is 55.2 Å². The molecule has 2 aliphatic carbocycles. The molecule has 0 bridgehead atoms. The van der Waals surface area contributed by atoms with Crippen LogP contribution in [0.3, 0.4) is 0 Å². The van der Waals surface area contributed by atoms with Crippen LogP contribution in [0.4, 0.5) is 23.2 Å². The van der Waals surface area contributed by atoms with Crippen LogP contribution in [0.2, 0.25) is 0 Å². The summed E-state index contributed by atoms with van der Waals surface area (Å²) in [5.74, 6) is -0.764. The maximum absolute atomic E-state index is 15.0. The number of aromatic nitrogens is 3. The Kier molecular flexibility index (Phi) is 6.22. The van der Waals surface area contributed by atoms with Gasteiger partial charge in [0.25, 0.3) is 0 Å². The number of methoxy groups -OCH3 is 1. The Bertz CT molecular complexity index is 1800. The average molecular weight is 595 g/mol. The Morgan fingerprint density at radius 3 is 2.53 bits per heavy atom. The van der Waals surface area contributed by atoms with Crippen LogP contribution in [0.1, 0.15) is 65.4 Å². The monoisotopic (exact) mass is 594 g/mol. The second-order valence-electron chi connectivity index (χ2n) is 11.5. The van der Waals surface area contributed by atoms with E-state index < -0.39 is 29.2 Å². The SMILES string of the molecule is COc1cncc(F)c1-c1noc(C2CC2)c1C1=CC2(CCN(c3ccc4nc(C(=O)O)cc(C(F)(F)F)c4c3)CC2)C1. The molecule has 1 aliphatic heterocycles. The first-order chi connectivity index (χ1) is 20.6. The maximum atomic E-state index is 15.0. The van der Waals surface area contributed by atoms with E-state index in [9.17, 15) is 27.5 Å². The summed E-state index contributed by atoms with van der Waals surface area (Å²) < 4.78 is 67.6. The smallest absolute Gasteiger partial charge is 0.417 e. The number of rotatable bonds is 6. The lowest BCUT2D eigenvalue weighted by Crippen LogP contribution is -2.42. The van der Waals surface area contributed by atoms with E-state index in [2.05, 4.69) is 21.2 Å². The molecule has 43 heavy (non-hydrogen) atoms. The van der Waals surface area contributed by atoms with Crippen molar-refractivity contribution < 1.29 is 36.7 Å². The molecule has 1 saturated carbocycles. The summed E-state index contributed by atoms with van der Waals surface area (Å²) in [7, 11) is 1.45. The van der Waals surface area contributed by atoms with Gasteiger partial charge in [-0.2, -0.15) is 13.2 Å². The number of carboxylic acids is 1.